The maximum Gasteiger partial charge on any atom is 0.243 e. The zero-order valence-electron chi connectivity index (χ0n) is 13.6. The van der Waals surface area contributed by atoms with Gasteiger partial charge in [0, 0.05) is 44.3 Å². The van der Waals surface area contributed by atoms with Crippen LogP contribution in [0.3, 0.4) is 0 Å². The van der Waals surface area contributed by atoms with E-state index in [4.69, 9.17) is 0 Å². The minimum absolute atomic E-state index is 0.0562. The van der Waals surface area contributed by atoms with Crippen LogP contribution in [-0.2, 0) is 17.8 Å². The second-order valence-electron chi connectivity index (χ2n) is 5.78. The van der Waals surface area contributed by atoms with Crippen LogP contribution in [0.15, 0.2) is 73.6 Å². The van der Waals surface area contributed by atoms with E-state index in [2.05, 4.69) is 22.4 Å². The third-order valence-electron chi connectivity index (χ3n) is 4.01. The number of rotatable bonds is 8. The van der Waals surface area contributed by atoms with Gasteiger partial charge < -0.3 is 14.5 Å². The minimum Gasteiger partial charge on any atom is -0.354 e. The lowest BCUT2D eigenvalue weighted by Crippen LogP contribution is -2.34. The van der Waals surface area contributed by atoms with E-state index in [0.717, 1.165) is 18.5 Å². The summed E-state index contributed by atoms with van der Waals surface area (Å²) < 4.78 is 3.98. The Hall–Kier alpha value is -2.82. The number of aromatic nitrogens is 3. The van der Waals surface area contributed by atoms with Gasteiger partial charge in [0.25, 0.3) is 0 Å². The van der Waals surface area contributed by atoms with Crippen molar-refractivity contribution in [2.24, 2.45) is 0 Å². The molecule has 1 N–H and O–H groups in total. The van der Waals surface area contributed by atoms with E-state index >= 15 is 0 Å². The molecule has 5 heteroatoms. The largest absolute Gasteiger partial charge is 0.354 e. The molecule has 0 saturated heterocycles. The highest BCUT2D eigenvalue weighted by Crippen LogP contribution is 2.15. The molecular formula is C19H22N4O. The van der Waals surface area contributed by atoms with Crippen molar-refractivity contribution in [1.82, 2.24) is 19.4 Å². The zero-order chi connectivity index (χ0) is 16.6. The molecule has 3 rings (SSSR count). The summed E-state index contributed by atoms with van der Waals surface area (Å²) in [5.74, 6) is 0.0562. The van der Waals surface area contributed by atoms with Crippen LogP contribution in [0, 0.1) is 0 Å². The summed E-state index contributed by atoms with van der Waals surface area (Å²) in [4.78, 5) is 16.7. The number of nitrogens with one attached hydrogen (secondary N) is 1. The summed E-state index contributed by atoms with van der Waals surface area (Å²) in [6, 6.07) is 13.8. The predicted molar refractivity (Wildman–Crippen MR) is 93.5 cm³/mol. The Labute approximate surface area is 142 Å². The van der Waals surface area contributed by atoms with Gasteiger partial charge in [-0.25, -0.2) is 4.98 Å². The average Bonchev–Trinajstić information content (AvgIpc) is 3.31. The Morgan fingerprint density at radius 2 is 1.88 bits per heavy atom. The van der Waals surface area contributed by atoms with Crippen LogP contribution in [0.5, 0.6) is 0 Å². The Morgan fingerprint density at radius 3 is 2.58 bits per heavy atom. The molecule has 0 fully saturated rings. The molecule has 3 aromatic rings. The number of hydrogen-bond acceptors (Lipinski definition) is 2. The monoisotopic (exact) mass is 322 g/mol. The summed E-state index contributed by atoms with van der Waals surface area (Å²) >= 11 is 0. The molecule has 1 atom stereocenters. The molecule has 2 aromatic heterocycles. The average molecular weight is 322 g/mol. The molecule has 0 saturated carbocycles. The molecular weight excluding hydrogens is 300 g/mol. The predicted octanol–water partition coefficient (Wildman–Crippen LogP) is 2.67. The fraction of sp³-hybridized carbons (Fsp3) is 0.263. The van der Waals surface area contributed by atoms with Crippen LogP contribution < -0.4 is 5.32 Å². The molecule has 1 aromatic carbocycles. The van der Waals surface area contributed by atoms with Crippen LogP contribution in [-0.4, -0.2) is 26.6 Å². The fourth-order valence-electron chi connectivity index (χ4n) is 2.74. The quantitative estimate of drug-likeness (QED) is 0.648. The lowest BCUT2D eigenvalue weighted by molar-refractivity contribution is -0.124. The number of benzene rings is 1. The van der Waals surface area contributed by atoms with Gasteiger partial charge in [0.2, 0.25) is 5.91 Å². The number of carbonyl (C=O) groups is 1. The highest BCUT2D eigenvalue weighted by Gasteiger charge is 2.19. The molecule has 0 aliphatic carbocycles. The summed E-state index contributed by atoms with van der Waals surface area (Å²) in [5.41, 5.74) is 1.16. The molecule has 0 aliphatic heterocycles. The first-order valence-electron chi connectivity index (χ1n) is 8.23. The number of hydrogen-bond donors (Lipinski definition) is 1. The van der Waals surface area contributed by atoms with Crippen LogP contribution in [0.25, 0.3) is 0 Å². The number of carbonyl (C=O) groups excluding carboxylic acids is 1. The van der Waals surface area contributed by atoms with Gasteiger partial charge in [-0.2, -0.15) is 0 Å². The first-order valence-corrected chi connectivity index (χ1v) is 8.23. The zero-order valence-corrected chi connectivity index (χ0v) is 13.6. The molecule has 0 unspecified atom stereocenters. The van der Waals surface area contributed by atoms with E-state index < -0.39 is 0 Å². The van der Waals surface area contributed by atoms with Crippen molar-refractivity contribution in [2.45, 2.75) is 25.4 Å². The maximum atomic E-state index is 12.7. The Bertz CT molecular complexity index is 720. The third kappa shape index (κ3) is 4.35. The Morgan fingerprint density at radius 1 is 1.08 bits per heavy atom. The summed E-state index contributed by atoms with van der Waals surface area (Å²) in [6.07, 6.45) is 10.9. The van der Waals surface area contributed by atoms with E-state index in [9.17, 15) is 4.79 Å². The van der Waals surface area contributed by atoms with Crippen molar-refractivity contribution in [3.63, 3.8) is 0 Å². The van der Waals surface area contributed by atoms with E-state index in [0.29, 0.717) is 13.0 Å². The molecule has 1 amide bonds. The van der Waals surface area contributed by atoms with Gasteiger partial charge >= 0.3 is 0 Å². The summed E-state index contributed by atoms with van der Waals surface area (Å²) in [5, 5.41) is 3.06. The van der Waals surface area contributed by atoms with E-state index in [1.807, 2.05) is 58.1 Å². The first-order chi connectivity index (χ1) is 11.8. The van der Waals surface area contributed by atoms with Gasteiger partial charge in [-0.1, -0.05) is 30.3 Å². The van der Waals surface area contributed by atoms with Gasteiger partial charge in [-0.15, -0.1) is 0 Å². The highest BCUT2D eigenvalue weighted by molar-refractivity contribution is 5.80. The maximum absolute atomic E-state index is 12.7. The first kappa shape index (κ1) is 16.1. The third-order valence-corrected chi connectivity index (χ3v) is 4.01. The normalized spacial score (nSPS) is 12.0. The molecule has 24 heavy (non-hydrogen) atoms. The topological polar surface area (TPSA) is 51.9 Å². The molecule has 2 heterocycles. The lowest BCUT2D eigenvalue weighted by atomic mass is 10.1. The summed E-state index contributed by atoms with van der Waals surface area (Å²) in [7, 11) is 0. The van der Waals surface area contributed by atoms with E-state index in [-0.39, 0.29) is 11.9 Å². The Kier molecular flexibility index (Phi) is 5.45. The molecule has 0 aliphatic rings. The van der Waals surface area contributed by atoms with Gasteiger partial charge in [0.1, 0.15) is 6.04 Å². The second kappa shape index (κ2) is 8.15. The SMILES string of the molecule is O=C(NCCCn1ccnc1)[C@H](Cc1ccccc1)n1cccc1. The molecule has 0 radical (unpaired) electrons. The van der Waals surface area contributed by atoms with Gasteiger partial charge in [0.15, 0.2) is 0 Å². The smallest absolute Gasteiger partial charge is 0.243 e. The van der Waals surface area contributed by atoms with E-state index in [1.165, 1.54) is 0 Å². The van der Waals surface area contributed by atoms with Crippen LogP contribution in [0.4, 0.5) is 0 Å². The van der Waals surface area contributed by atoms with Crippen molar-refractivity contribution < 1.29 is 4.79 Å². The van der Waals surface area contributed by atoms with Crippen molar-refractivity contribution in [2.75, 3.05) is 6.54 Å². The second-order valence-corrected chi connectivity index (χ2v) is 5.78. The van der Waals surface area contributed by atoms with Crippen molar-refractivity contribution >= 4 is 5.91 Å². The standard InChI is InChI=1S/C19H22N4O/c24-19(21-9-6-11-22-14-10-20-16-22)18(23-12-4-5-13-23)15-17-7-2-1-3-8-17/h1-5,7-8,10,12-14,16,18H,6,9,11,15H2,(H,21,24)/t18-/m0/s1. The van der Waals surface area contributed by atoms with Crippen LogP contribution >= 0.6 is 0 Å². The van der Waals surface area contributed by atoms with Gasteiger partial charge in [-0.05, 0) is 24.1 Å². The molecule has 0 bridgehead atoms. The molecule has 5 nitrogen and oxygen atoms in total. The van der Waals surface area contributed by atoms with Crippen LogP contribution in [0.2, 0.25) is 0 Å². The fourth-order valence-corrected chi connectivity index (χ4v) is 2.74. The van der Waals surface area contributed by atoms with Gasteiger partial charge in [-0.3, -0.25) is 4.79 Å². The van der Waals surface area contributed by atoms with Gasteiger partial charge in [0.05, 0.1) is 6.33 Å². The molecule has 124 valence electrons. The number of aryl methyl sites for hydroxylation is 1. The van der Waals surface area contributed by atoms with Crippen molar-refractivity contribution in [3.05, 3.63) is 79.1 Å². The van der Waals surface area contributed by atoms with E-state index in [1.54, 1.807) is 12.5 Å². The number of imidazole rings is 1. The summed E-state index contributed by atoms with van der Waals surface area (Å²) in [6.45, 7) is 1.51. The van der Waals surface area contributed by atoms with Crippen molar-refractivity contribution in [3.8, 4) is 0 Å². The number of amides is 1. The lowest BCUT2D eigenvalue weighted by Gasteiger charge is -2.19. The van der Waals surface area contributed by atoms with Crippen LogP contribution in [0.1, 0.15) is 18.0 Å². The highest BCUT2D eigenvalue weighted by atomic mass is 16.2. The molecule has 0 spiro atoms. The van der Waals surface area contributed by atoms with Crippen molar-refractivity contribution in [1.29, 1.82) is 0 Å². The number of nitrogens with zero attached hydrogens (tertiary/aromatic N) is 3. The minimum atomic E-state index is -0.226. The Balaban J connectivity index is 1.57.